The second-order valence-corrected chi connectivity index (χ2v) is 7.36. The highest BCUT2D eigenvalue weighted by Crippen LogP contribution is 2.24. The first-order chi connectivity index (χ1) is 11.2. The van der Waals surface area contributed by atoms with Crippen LogP contribution in [-0.2, 0) is 0 Å². The van der Waals surface area contributed by atoms with Crippen molar-refractivity contribution >= 4 is 40.9 Å². The van der Waals surface area contributed by atoms with Gasteiger partial charge in [-0.25, -0.2) is 0 Å². The molecule has 0 bridgehead atoms. The van der Waals surface area contributed by atoms with Gasteiger partial charge in [0.2, 0.25) is 0 Å². The molecule has 2 aromatic carbocycles. The molecule has 0 spiro atoms. The molecule has 1 heterocycles. The average Bonchev–Trinajstić information content (AvgIpc) is 2.61. The van der Waals surface area contributed by atoms with Crippen molar-refractivity contribution in [1.82, 2.24) is 16.0 Å². The lowest BCUT2D eigenvalue weighted by Gasteiger charge is -2.35. The van der Waals surface area contributed by atoms with E-state index in [4.69, 9.17) is 12.2 Å². The maximum Gasteiger partial charge on any atom is 0.169 e. The number of thiocarbonyl (C=S) groups is 1. The largest absolute Gasteiger partial charge is 0.343 e. The van der Waals surface area contributed by atoms with Gasteiger partial charge in [-0.1, -0.05) is 24.3 Å². The normalized spacial score (nSPS) is 20.7. The molecule has 2 aromatic rings. The zero-order valence-electron chi connectivity index (χ0n) is 13.0. The fraction of sp³-hybridized carbons (Fsp3) is 0.235. The van der Waals surface area contributed by atoms with Crippen LogP contribution in [0.2, 0.25) is 0 Å². The van der Waals surface area contributed by atoms with Gasteiger partial charge in [0.1, 0.15) is 12.3 Å². The van der Waals surface area contributed by atoms with E-state index in [1.54, 1.807) is 23.5 Å². The van der Waals surface area contributed by atoms with Crippen molar-refractivity contribution in [3.8, 4) is 0 Å². The van der Waals surface area contributed by atoms with E-state index in [0.29, 0.717) is 5.11 Å². The van der Waals surface area contributed by atoms with Crippen molar-refractivity contribution in [2.24, 2.45) is 0 Å². The molecule has 1 aliphatic rings. The number of rotatable bonds is 4. The van der Waals surface area contributed by atoms with E-state index >= 15 is 0 Å². The van der Waals surface area contributed by atoms with Crippen LogP contribution in [0.25, 0.3) is 0 Å². The number of hydrogen-bond acceptors (Lipinski definition) is 4. The number of hydrogen-bond donors (Lipinski definition) is 3. The fourth-order valence-electron chi connectivity index (χ4n) is 2.51. The average molecular weight is 362 g/mol. The summed E-state index contributed by atoms with van der Waals surface area (Å²) in [5.74, 6) is 0. The van der Waals surface area contributed by atoms with E-state index in [2.05, 4.69) is 77.0 Å². The molecule has 0 aliphatic carbocycles. The number of thioether (sulfide) groups is 2. The van der Waals surface area contributed by atoms with Crippen LogP contribution in [0.4, 0.5) is 0 Å². The minimum atomic E-state index is 0.00452. The predicted octanol–water partition coefficient (Wildman–Crippen LogP) is 3.90. The quantitative estimate of drug-likeness (QED) is 0.566. The standard InChI is InChI=1S/C17H19N3S3/c1-22-13-7-3-11(4-8-13)15-18-16(20-17(21)19-15)12-5-9-14(23-2)10-6-12/h3-10,15-16,18H,1-2H3,(H2,19,20,21). The fourth-order valence-corrected chi connectivity index (χ4v) is 3.56. The minimum Gasteiger partial charge on any atom is -0.343 e. The van der Waals surface area contributed by atoms with Crippen molar-refractivity contribution in [2.45, 2.75) is 22.1 Å². The summed E-state index contributed by atoms with van der Waals surface area (Å²) >= 11 is 8.88. The van der Waals surface area contributed by atoms with Crippen LogP contribution in [0, 0.1) is 0 Å². The molecule has 0 saturated carbocycles. The maximum atomic E-state index is 5.39. The molecule has 0 amide bonds. The molecule has 1 fully saturated rings. The molecule has 3 rings (SSSR count). The van der Waals surface area contributed by atoms with E-state index in [1.807, 2.05) is 0 Å². The Balaban J connectivity index is 1.78. The molecular weight excluding hydrogens is 342 g/mol. The minimum absolute atomic E-state index is 0.00452. The van der Waals surface area contributed by atoms with E-state index in [0.717, 1.165) is 0 Å². The van der Waals surface area contributed by atoms with E-state index in [-0.39, 0.29) is 12.3 Å². The van der Waals surface area contributed by atoms with Gasteiger partial charge in [0.25, 0.3) is 0 Å². The Labute approximate surface area is 151 Å². The molecule has 120 valence electrons. The van der Waals surface area contributed by atoms with Crippen molar-refractivity contribution in [3.05, 3.63) is 59.7 Å². The molecule has 3 N–H and O–H groups in total. The van der Waals surface area contributed by atoms with Gasteiger partial charge in [0.05, 0.1) is 0 Å². The van der Waals surface area contributed by atoms with Gasteiger partial charge in [-0.05, 0) is 60.1 Å². The Bertz CT molecular complexity index is 613. The van der Waals surface area contributed by atoms with Crippen LogP contribution >= 0.6 is 35.7 Å². The zero-order chi connectivity index (χ0) is 16.2. The molecule has 23 heavy (non-hydrogen) atoms. The van der Waals surface area contributed by atoms with Gasteiger partial charge < -0.3 is 10.6 Å². The molecule has 1 aliphatic heterocycles. The highest BCUT2D eigenvalue weighted by Gasteiger charge is 2.24. The van der Waals surface area contributed by atoms with Crippen LogP contribution < -0.4 is 16.0 Å². The molecule has 2 atom stereocenters. The third-order valence-electron chi connectivity index (χ3n) is 3.78. The summed E-state index contributed by atoms with van der Waals surface area (Å²) in [6.07, 6.45) is 4.17. The topological polar surface area (TPSA) is 36.1 Å². The monoisotopic (exact) mass is 361 g/mol. The third kappa shape index (κ3) is 4.01. The summed E-state index contributed by atoms with van der Waals surface area (Å²) in [7, 11) is 0. The highest BCUT2D eigenvalue weighted by molar-refractivity contribution is 7.98. The molecule has 2 unspecified atom stereocenters. The van der Waals surface area contributed by atoms with Crippen LogP contribution in [0.15, 0.2) is 58.3 Å². The number of benzene rings is 2. The van der Waals surface area contributed by atoms with Crippen LogP contribution in [-0.4, -0.2) is 17.6 Å². The SMILES string of the molecule is CSc1ccc(C2NC(=S)NC(c3ccc(SC)cc3)N2)cc1. The van der Waals surface area contributed by atoms with Crippen LogP contribution in [0.5, 0.6) is 0 Å². The van der Waals surface area contributed by atoms with Gasteiger partial charge in [0, 0.05) is 9.79 Å². The lowest BCUT2D eigenvalue weighted by molar-refractivity contribution is 0.368. The molecule has 0 radical (unpaired) electrons. The van der Waals surface area contributed by atoms with E-state index in [1.165, 1.54) is 20.9 Å². The maximum absolute atomic E-state index is 5.39. The lowest BCUT2D eigenvalue weighted by atomic mass is 10.1. The van der Waals surface area contributed by atoms with Crippen molar-refractivity contribution in [3.63, 3.8) is 0 Å². The number of nitrogens with one attached hydrogen (secondary N) is 3. The van der Waals surface area contributed by atoms with Gasteiger partial charge in [-0.15, -0.1) is 23.5 Å². The molecule has 1 saturated heterocycles. The zero-order valence-corrected chi connectivity index (χ0v) is 15.4. The smallest absolute Gasteiger partial charge is 0.169 e. The van der Waals surface area contributed by atoms with E-state index < -0.39 is 0 Å². The Hall–Kier alpha value is -1.21. The Morgan fingerprint density at radius 1 is 0.739 bits per heavy atom. The first kappa shape index (κ1) is 16.6. The predicted molar refractivity (Wildman–Crippen MR) is 104 cm³/mol. The van der Waals surface area contributed by atoms with Gasteiger partial charge in [-0.3, -0.25) is 5.32 Å². The molecule has 0 aromatic heterocycles. The van der Waals surface area contributed by atoms with E-state index in [9.17, 15) is 0 Å². The summed E-state index contributed by atoms with van der Waals surface area (Å²) in [6.45, 7) is 0. The Morgan fingerprint density at radius 3 is 1.48 bits per heavy atom. The first-order valence-electron chi connectivity index (χ1n) is 7.30. The summed E-state index contributed by atoms with van der Waals surface area (Å²) in [4.78, 5) is 2.52. The molecule has 3 nitrogen and oxygen atoms in total. The summed E-state index contributed by atoms with van der Waals surface area (Å²) < 4.78 is 0. The Kier molecular flexibility index (Phi) is 5.48. The second kappa shape index (κ2) is 7.57. The summed E-state index contributed by atoms with van der Waals surface area (Å²) in [5.41, 5.74) is 2.36. The van der Waals surface area contributed by atoms with Crippen molar-refractivity contribution in [2.75, 3.05) is 12.5 Å². The third-order valence-corrected chi connectivity index (χ3v) is 5.51. The first-order valence-corrected chi connectivity index (χ1v) is 10.2. The van der Waals surface area contributed by atoms with Gasteiger partial charge in [0.15, 0.2) is 5.11 Å². The highest BCUT2D eigenvalue weighted by atomic mass is 32.2. The summed E-state index contributed by atoms with van der Waals surface area (Å²) in [6, 6.07) is 17.1. The van der Waals surface area contributed by atoms with Crippen LogP contribution in [0.3, 0.4) is 0 Å². The van der Waals surface area contributed by atoms with Crippen molar-refractivity contribution < 1.29 is 0 Å². The molecule has 6 heteroatoms. The van der Waals surface area contributed by atoms with Gasteiger partial charge >= 0.3 is 0 Å². The Morgan fingerprint density at radius 2 is 1.13 bits per heavy atom. The van der Waals surface area contributed by atoms with Gasteiger partial charge in [-0.2, -0.15) is 0 Å². The van der Waals surface area contributed by atoms with Crippen LogP contribution in [0.1, 0.15) is 23.5 Å². The molecular formula is C17H19N3S3. The van der Waals surface area contributed by atoms with Crippen molar-refractivity contribution in [1.29, 1.82) is 0 Å². The summed E-state index contributed by atoms with van der Waals surface area (Å²) in [5, 5.41) is 10.8. The second-order valence-electron chi connectivity index (χ2n) is 5.20. The lowest BCUT2D eigenvalue weighted by Crippen LogP contribution is -2.55.